The van der Waals surface area contributed by atoms with Gasteiger partial charge in [0, 0.05) is 7.05 Å². The zero-order valence-electron chi connectivity index (χ0n) is 6.67. The SMILES string of the molecule is Cn1c(=O)[nH]c(=S)c2[nH]c(=O)[nH]c21. The monoisotopic (exact) mass is 198 g/mol. The van der Waals surface area contributed by atoms with Crippen molar-refractivity contribution in [1.29, 1.82) is 0 Å². The molecule has 7 heteroatoms. The first kappa shape index (κ1) is 7.99. The van der Waals surface area contributed by atoms with Crippen LogP contribution < -0.4 is 11.4 Å². The number of aryl methyl sites for hydroxylation is 1. The molecule has 0 aliphatic rings. The third-order valence-corrected chi connectivity index (χ3v) is 2.10. The molecule has 0 aliphatic heterocycles. The van der Waals surface area contributed by atoms with Gasteiger partial charge < -0.3 is 4.98 Å². The van der Waals surface area contributed by atoms with E-state index in [-0.39, 0.29) is 16.0 Å². The summed E-state index contributed by atoms with van der Waals surface area (Å²) in [5.74, 6) is 0. The van der Waals surface area contributed by atoms with E-state index < -0.39 is 0 Å². The molecule has 0 radical (unpaired) electrons. The molecule has 3 N–H and O–H groups in total. The van der Waals surface area contributed by atoms with Crippen LogP contribution in [0.2, 0.25) is 0 Å². The van der Waals surface area contributed by atoms with Crippen LogP contribution in [0.15, 0.2) is 9.59 Å². The van der Waals surface area contributed by atoms with E-state index >= 15 is 0 Å². The van der Waals surface area contributed by atoms with E-state index in [0.29, 0.717) is 11.2 Å². The molecular weight excluding hydrogens is 192 g/mol. The average molecular weight is 198 g/mol. The lowest BCUT2D eigenvalue weighted by atomic mass is 10.5. The molecule has 0 fully saturated rings. The Kier molecular flexibility index (Phi) is 1.49. The lowest BCUT2D eigenvalue weighted by Gasteiger charge is -1.96. The number of hydrogen-bond donors (Lipinski definition) is 3. The van der Waals surface area contributed by atoms with Crippen LogP contribution in [0.25, 0.3) is 11.2 Å². The zero-order chi connectivity index (χ0) is 9.59. The number of imidazole rings is 1. The Bertz CT molecular complexity index is 628. The van der Waals surface area contributed by atoms with E-state index in [9.17, 15) is 9.59 Å². The second-order valence-corrected chi connectivity index (χ2v) is 3.03. The summed E-state index contributed by atoms with van der Waals surface area (Å²) in [5, 5.41) is 0. The van der Waals surface area contributed by atoms with Crippen molar-refractivity contribution >= 4 is 23.4 Å². The van der Waals surface area contributed by atoms with Crippen LogP contribution in [0, 0.1) is 4.64 Å². The van der Waals surface area contributed by atoms with Crippen LogP contribution >= 0.6 is 12.2 Å². The maximum absolute atomic E-state index is 11.2. The number of nitrogens with zero attached hydrogens (tertiary/aromatic N) is 1. The highest BCUT2D eigenvalue weighted by molar-refractivity contribution is 7.71. The summed E-state index contributed by atoms with van der Waals surface area (Å²) in [7, 11) is 1.54. The number of nitrogens with one attached hydrogen (secondary N) is 3. The van der Waals surface area contributed by atoms with Crippen LogP contribution in [-0.4, -0.2) is 19.5 Å². The van der Waals surface area contributed by atoms with Crippen LogP contribution in [0.4, 0.5) is 0 Å². The molecule has 0 spiro atoms. The summed E-state index contributed by atoms with van der Waals surface area (Å²) in [5.41, 5.74) is 0.115. The average Bonchev–Trinajstić information content (AvgIpc) is 2.44. The normalized spacial score (nSPS) is 10.8. The first-order valence-electron chi connectivity index (χ1n) is 3.51. The van der Waals surface area contributed by atoms with Crippen LogP contribution in [0.1, 0.15) is 0 Å². The highest BCUT2D eigenvalue weighted by Crippen LogP contribution is 2.01. The second kappa shape index (κ2) is 2.43. The molecule has 2 rings (SSSR count). The van der Waals surface area contributed by atoms with E-state index in [4.69, 9.17) is 12.2 Å². The topological polar surface area (TPSA) is 86.4 Å². The molecule has 0 saturated carbocycles. The summed E-state index contributed by atoms with van der Waals surface area (Å²) in [6, 6.07) is 0. The van der Waals surface area contributed by atoms with Crippen LogP contribution in [0.3, 0.4) is 0 Å². The van der Waals surface area contributed by atoms with Crippen molar-refractivity contribution in [3.05, 3.63) is 25.6 Å². The third-order valence-electron chi connectivity index (χ3n) is 1.79. The van der Waals surface area contributed by atoms with Gasteiger partial charge in [0.1, 0.15) is 15.8 Å². The molecule has 2 aromatic rings. The standard InChI is InChI=1S/C6H6N4O2S/c1-10-3-2(7-5(11)8-3)4(13)9-6(10)12/h1H3,(H2,7,8,11)(H,9,12,13). The smallest absolute Gasteiger partial charge is 0.302 e. The highest BCUT2D eigenvalue weighted by Gasteiger charge is 2.04. The highest BCUT2D eigenvalue weighted by atomic mass is 32.1. The first-order chi connectivity index (χ1) is 6.09. The molecule has 68 valence electrons. The molecule has 0 aromatic carbocycles. The Labute approximate surface area is 76.2 Å². The van der Waals surface area contributed by atoms with E-state index in [2.05, 4.69) is 15.0 Å². The molecule has 0 saturated heterocycles. The van der Waals surface area contributed by atoms with Crippen LogP contribution in [-0.2, 0) is 7.05 Å². The quantitative estimate of drug-likeness (QED) is 0.504. The van der Waals surface area contributed by atoms with Gasteiger partial charge in [-0.2, -0.15) is 0 Å². The van der Waals surface area contributed by atoms with Crippen molar-refractivity contribution in [3.8, 4) is 0 Å². The van der Waals surface area contributed by atoms with Gasteiger partial charge in [-0.3, -0.25) is 14.5 Å². The summed E-state index contributed by atoms with van der Waals surface area (Å²) in [6.45, 7) is 0. The van der Waals surface area contributed by atoms with Gasteiger partial charge in [-0.05, 0) is 0 Å². The first-order valence-corrected chi connectivity index (χ1v) is 3.92. The Morgan fingerprint density at radius 3 is 2.62 bits per heavy atom. The second-order valence-electron chi connectivity index (χ2n) is 2.62. The molecule has 0 bridgehead atoms. The van der Waals surface area contributed by atoms with E-state index in [1.807, 2.05) is 0 Å². The fourth-order valence-corrected chi connectivity index (χ4v) is 1.37. The van der Waals surface area contributed by atoms with Gasteiger partial charge >= 0.3 is 11.4 Å². The van der Waals surface area contributed by atoms with Crippen molar-refractivity contribution in [2.45, 2.75) is 0 Å². The molecular formula is C6H6N4O2S. The number of fused-ring (bicyclic) bond motifs is 1. The molecule has 2 aromatic heterocycles. The minimum atomic E-state index is -0.379. The number of H-pyrrole nitrogens is 3. The maximum Gasteiger partial charge on any atom is 0.327 e. The Morgan fingerprint density at radius 1 is 1.23 bits per heavy atom. The van der Waals surface area contributed by atoms with Crippen molar-refractivity contribution in [3.63, 3.8) is 0 Å². The lowest BCUT2D eigenvalue weighted by molar-refractivity contribution is 0.837. The number of hydrogen-bond acceptors (Lipinski definition) is 3. The third kappa shape index (κ3) is 1.04. The number of aromatic nitrogens is 4. The maximum atomic E-state index is 11.2. The molecule has 2 heterocycles. The summed E-state index contributed by atoms with van der Waals surface area (Å²) >= 11 is 4.86. The van der Waals surface area contributed by atoms with Gasteiger partial charge in [-0.15, -0.1) is 0 Å². The summed E-state index contributed by atoms with van der Waals surface area (Å²) in [4.78, 5) is 29.5. The van der Waals surface area contributed by atoms with Gasteiger partial charge in [0.2, 0.25) is 0 Å². The Hall–Kier alpha value is -1.63. The number of aromatic amines is 3. The van der Waals surface area contributed by atoms with Gasteiger partial charge in [0.15, 0.2) is 0 Å². The number of rotatable bonds is 0. The predicted octanol–water partition coefficient (Wildman–Crippen LogP) is -0.388. The summed E-state index contributed by atoms with van der Waals surface area (Å²) < 4.78 is 1.51. The van der Waals surface area contributed by atoms with Crippen molar-refractivity contribution in [2.24, 2.45) is 7.05 Å². The van der Waals surface area contributed by atoms with Gasteiger partial charge in [-0.1, -0.05) is 12.2 Å². The molecule has 6 nitrogen and oxygen atoms in total. The minimum absolute atomic E-state index is 0.233. The summed E-state index contributed by atoms with van der Waals surface area (Å²) in [6.07, 6.45) is 0. The van der Waals surface area contributed by atoms with Crippen molar-refractivity contribution in [1.82, 2.24) is 19.5 Å². The van der Waals surface area contributed by atoms with Gasteiger partial charge in [-0.25, -0.2) is 9.59 Å². The zero-order valence-corrected chi connectivity index (χ0v) is 7.49. The fraction of sp³-hybridized carbons (Fsp3) is 0.167. The fourth-order valence-electron chi connectivity index (χ4n) is 1.13. The molecule has 0 atom stereocenters. The Morgan fingerprint density at radius 2 is 1.92 bits per heavy atom. The van der Waals surface area contributed by atoms with Gasteiger partial charge in [0.05, 0.1) is 0 Å². The minimum Gasteiger partial charge on any atom is -0.302 e. The molecule has 0 unspecified atom stereocenters. The molecule has 13 heavy (non-hydrogen) atoms. The van der Waals surface area contributed by atoms with E-state index in [1.165, 1.54) is 4.57 Å². The van der Waals surface area contributed by atoms with Crippen molar-refractivity contribution < 1.29 is 0 Å². The molecule has 0 amide bonds. The van der Waals surface area contributed by atoms with Gasteiger partial charge in [0.25, 0.3) is 0 Å². The molecule has 0 aliphatic carbocycles. The predicted molar refractivity (Wildman–Crippen MR) is 49.3 cm³/mol. The van der Waals surface area contributed by atoms with Crippen LogP contribution in [0.5, 0.6) is 0 Å². The lowest BCUT2D eigenvalue weighted by Crippen LogP contribution is -2.20. The Balaban J connectivity index is 3.23. The van der Waals surface area contributed by atoms with Crippen molar-refractivity contribution in [2.75, 3.05) is 0 Å². The largest absolute Gasteiger partial charge is 0.327 e. The van der Waals surface area contributed by atoms with E-state index in [1.54, 1.807) is 7.05 Å². The van der Waals surface area contributed by atoms with E-state index in [0.717, 1.165) is 0 Å².